The summed E-state index contributed by atoms with van der Waals surface area (Å²) in [5.74, 6) is 0. The van der Waals surface area contributed by atoms with E-state index in [-0.39, 0.29) is 5.57 Å². The van der Waals surface area contributed by atoms with Crippen molar-refractivity contribution in [2.24, 2.45) is 0 Å². The van der Waals surface area contributed by atoms with Crippen molar-refractivity contribution in [1.29, 1.82) is 0 Å². The fourth-order valence-corrected chi connectivity index (χ4v) is 0.711. The zero-order chi connectivity index (χ0) is 9.07. The van der Waals surface area contributed by atoms with Crippen LogP contribution in [0.2, 0.25) is 0 Å². The molecule has 0 aliphatic rings. The molecule has 0 fully saturated rings. The fourth-order valence-electron chi connectivity index (χ4n) is 0.711. The minimum absolute atomic E-state index is 0.288. The molecule has 64 valence electrons. The highest BCUT2D eigenvalue weighted by Gasteiger charge is 2.32. The average Bonchev–Trinajstić information content (AvgIpc) is 1.79. The summed E-state index contributed by atoms with van der Waals surface area (Å²) in [6.07, 6.45) is -1.75. The van der Waals surface area contributed by atoms with E-state index in [4.69, 9.17) is 0 Å². The van der Waals surface area contributed by atoms with Crippen LogP contribution in [-0.2, 0) is 0 Å². The Morgan fingerprint density at radius 3 is 1.73 bits per heavy atom. The number of hydrogen-bond acceptors (Lipinski definition) is 0. The van der Waals surface area contributed by atoms with E-state index in [1.807, 2.05) is 0 Å². The van der Waals surface area contributed by atoms with Crippen LogP contribution in [0.4, 0.5) is 13.2 Å². The Kier molecular flexibility index (Phi) is 3.36. The van der Waals surface area contributed by atoms with E-state index in [1.165, 1.54) is 19.9 Å². The molecule has 0 aromatic heterocycles. The highest BCUT2D eigenvalue weighted by molar-refractivity contribution is 5.27. The maximum atomic E-state index is 12.0. The van der Waals surface area contributed by atoms with E-state index in [0.717, 1.165) is 6.08 Å². The molecule has 0 N–H and O–H groups in total. The molecule has 0 radical (unpaired) electrons. The van der Waals surface area contributed by atoms with Gasteiger partial charge in [0.2, 0.25) is 0 Å². The summed E-state index contributed by atoms with van der Waals surface area (Å²) in [6, 6.07) is 0. The molecule has 0 atom stereocenters. The van der Waals surface area contributed by atoms with E-state index in [1.54, 1.807) is 6.92 Å². The summed E-state index contributed by atoms with van der Waals surface area (Å²) in [5.41, 5.74) is -0.268. The summed E-state index contributed by atoms with van der Waals surface area (Å²) < 4.78 is 36.1. The van der Waals surface area contributed by atoms with E-state index in [0.29, 0.717) is 0 Å². The zero-order valence-corrected chi connectivity index (χ0v) is 6.79. The molecule has 0 aliphatic heterocycles. The van der Waals surface area contributed by atoms with Gasteiger partial charge < -0.3 is 0 Å². The first-order valence-electron chi connectivity index (χ1n) is 3.27. The molecular formula is C8H11F3. The Balaban J connectivity index is 4.79. The van der Waals surface area contributed by atoms with Crippen LogP contribution in [0.1, 0.15) is 20.8 Å². The molecular weight excluding hydrogens is 153 g/mol. The van der Waals surface area contributed by atoms with Crippen LogP contribution in [0, 0.1) is 0 Å². The maximum Gasteiger partial charge on any atom is 0.416 e. The lowest BCUT2D eigenvalue weighted by Gasteiger charge is -2.08. The second-order valence-electron chi connectivity index (χ2n) is 2.41. The van der Waals surface area contributed by atoms with Crippen LogP contribution in [0.15, 0.2) is 23.3 Å². The first-order chi connectivity index (χ1) is 4.89. The van der Waals surface area contributed by atoms with Crippen LogP contribution in [-0.4, -0.2) is 6.18 Å². The summed E-state index contributed by atoms with van der Waals surface area (Å²) in [7, 11) is 0. The van der Waals surface area contributed by atoms with E-state index in [2.05, 4.69) is 0 Å². The van der Waals surface area contributed by atoms with Gasteiger partial charge in [-0.15, -0.1) is 0 Å². The van der Waals surface area contributed by atoms with Crippen LogP contribution < -0.4 is 0 Å². The van der Waals surface area contributed by atoms with E-state index >= 15 is 0 Å². The molecule has 0 bridgehead atoms. The normalized spacial score (nSPS) is 12.2. The number of halogens is 3. The van der Waals surface area contributed by atoms with Gasteiger partial charge >= 0.3 is 6.18 Å². The molecule has 3 heteroatoms. The van der Waals surface area contributed by atoms with Crippen molar-refractivity contribution >= 4 is 0 Å². The molecule has 0 unspecified atom stereocenters. The lowest BCUT2D eigenvalue weighted by atomic mass is 10.1. The largest absolute Gasteiger partial charge is 0.416 e. The third-order valence-electron chi connectivity index (χ3n) is 1.18. The smallest absolute Gasteiger partial charge is 0.166 e. The minimum Gasteiger partial charge on any atom is -0.166 e. The molecule has 0 heterocycles. The van der Waals surface area contributed by atoms with Gasteiger partial charge in [0.05, 0.1) is 5.57 Å². The van der Waals surface area contributed by atoms with E-state index in [9.17, 15) is 13.2 Å². The molecule has 0 aliphatic carbocycles. The number of rotatable bonds is 1. The highest BCUT2D eigenvalue weighted by Crippen LogP contribution is 2.28. The molecule has 11 heavy (non-hydrogen) atoms. The van der Waals surface area contributed by atoms with Crippen molar-refractivity contribution in [2.75, 3.05) is 0 Å². The van der Waals surface area contributed by atoms with Crippen molar-refractivity contribution < 1.29 is 13.2 Å². The summed E-state index contributed by atoms with van der Waals surface area (Å²) >= 11 is 0. The quantitative estimate of drug-likeness (QED) is 0.520. The first-order valence-corrected chi connectivity index (χ1v) is 3.27. The van der Waals surface area contributed by atoms with Gasteiger partial charge in [-0.25, -0.2) is 0 Å². The molecule has 0 rings (SSSR count). The maximum absolute atomic E-state index is 12.0. The second-order valence-corrected chi connectivity index (χ2v) is 2.41. The Bertz CT molecular complexity index is 180. The van der Waals surface area contributed by atoms with Crippen molar-refractivity contribution in [2.45, 2.75) is 26.9 Å². The van der Waals surface area contributed by atoms with Crippen LogP contribution >= 0.6 is 0 Å². The molecule has 0 nitrogen and oxygen atoms in total. The lowest BCUT2D eigenvalue weighted by molar-refractivity contribution is -0.0889. The number of alkyl halides is 3. The number of allylic oxidation sites excluding steroid dienone is 4. The monoisotopic (exact) mass is 164 g/mol. The molecule has 0 aromatic carbocycles. The van der Waals surface area contributed by atoms with Crippen LogP contribution in [0.3, 0.4) is 0 Å². The van der Waals surface area contributed by atoms with Crippen molar-refractivity contribution in [1.82, 2.24) is 0 Å². The van der Waals surface area contributed by atoms with Gasteiger partial charge in [-0.2, -0.15) is 13.2 Å². The summed E-state index contributed by atoms with van der Waals surface area (Å²) in [6.45, 7) is 4.46. The van der Waals surface area contributed by atoms with Crippen LogP contribution in [0.5, 0.6) is 0 Å². The third kappa shape index (κ3) is 3.25. The molecule has 0 saturated carbocycles. The standard InChI is InChI=1S/C8H11F3/c1-4-5-7(6(2)3)8(9,10)11/h4-5H,1-3H3/b5-4-. The van der Waals surface area contributed by atoms with Crippen molar-refractivity contribution in [3.05, 3.63) is 23.3 Å². The summed E-state index contributed by atoms with van der Waals surface area (Å²) in [4.78, 5) is 0. The molecule has 0 aromatic rings. The third-order valence-corrected chi connectivity index (χ3v) is 1.18. The van der Waals surface area contributed by atoms with Gasteiger partial charge in [0.15, 0.2) is 0 Å². The highest BCUT2D eigenvalue weighted by atomic mass is 19.4. The predicted octanol–water partition coefficient (Wildman–Crippen LogP) is 3.46. The Morgan fingerprint density at radius 1 is 1.18 bits per heavy atom. The summed E-state index contributed by atoms with van der Waals surface area (Å²) in [5, 5.41) is 0. The Morgan fingerprint density at radius 2 is 1.64 bits per heavy atom. The van der Waals surface area contributed by atoms with Gasteiger partial charge in [0.25, 0.3) is 0 Å². The van der Waals surface area contributed by atoms with Crippen molar-refractivity contribution in [3.63, 3.8) is 0 Å². The van der Waals surface area contributed by atoms with Gasteiger partial charge in [-0.05, 0) is 20.8 Å². The van der Waals surface area contributed by atoms with Gasteiger partial charge in [0, 0.05) is 0 Å². The Labute approximate surface area is 64.4 Å². The molecule has 0 saturated heterocycles. The average molecular weight is 164 g/mol. The van der Waals surface area contributed by atoms with Gasteiger partial charge in [0.1, 0.15) is 0 Å². The van der Waals surface area contributed by atoms with Gasteiger partial charge in [-0.1, -0.05) is 17.7 Å². The SMILES string of the molecule is C/C=C\C(=C(C)C)C(F)(F)F. The zero-order valence-electron chi connectivity index (χ0n) is 6.79. The van der Waals surface area contributed by atoms with Gasteiger partial charge in [-0.3, -0.25) is 0 Å². The predicted molar refractivity (Wildman–Crippen MR) is 39.2 cm³/mol. The first kappa shape index (κ1) is 10.3. The number of hydrogen-bond donors (Lipinski definition) is 0. The second kappa shape index (κ2) is 3.60. The van der Waals surface area contributed by atoms with Crippen LogP contribution in [0.25, 0.3) is 0 Å². The Hall–Kier alpha value is -0.730. The minimum atomic E-state index is -4.22. The topological polar surface area (TPSA) is 0 Å². The molecule has 0 amide bonds. The molecule has 0 spiro atoms. The van der Waals surface area contributed by atoms with E-state index < -0.39 is 11.7 Å². The fraction of sp³-hybridized carbons (Fsp3) is 0.500. The lowest BCUT2D eigenvalue weighted by Crippen LogP contribution is -2.11. The van der Waals surface area contributed by atoms with Crippen molar-refractivity contribution in [3.8, 4) is 0 Å².